The average molecular weight is 349 g/mol. The molecule has 1 aromatic carbocycles. The van der Waals surface area contributed by atoms with Crippen LogP contribution in [-0.4, -0.2) is 15.9 Å². The summed E-state index contributed by atoms with van der Waals surface area (Å²) in [7, 11) is 0. The number of nitrogens with two attached hydrogens (primary N) is 1. The van der Waals surface area contributed by atoms with Gasteiger partial charge in [0.05, 0.1) is 11.4 Å². The van der Waals surface area contributed by atoms with Gasteiger partial charge in [-0.3, -0.25) is 4.79 Å². The van der Waals surface area contributed by atoms with E-state index in [1.165, 1.54) is 0 Å². The summed E-state index contributed by atoms with van der Waals surface area (Å²) >= 11 is 8.56. The molecule has 23 heavy (non-hydrogen) atoms. The molecule has 0 unspecified atom stereocenters. The zero-order valence-corrected chi connectivity index (χ0v) is 14.6. The lowest BCUT2D eigenvalue weighted by Crippen LogP contribution is -2.13. The number of nitrogens with zero attached hydrogens (tertiary/aromatic N) is 2. The van der Waals surface area contributed by atoms with Gasteiger partial charge in [0, 0.05) is 30.0 Å². The van der Waals surface area contributed by atoms with Gasteiger partial charge in [-0.25, -0.2) is 9.97 Å². The summed E-state index contributed by atoms with van der Waals surface area (Å²) in [5.41, 5.74) is 8.65. The second kappa shape index (κ2) is 8.21. The Bertz CT molecular complexity index is 665. The fraction of sp³-hybridized carbons (Fsp3) is 0.312. The van der Waals surface area contributed by atoms with Crippen molar-refractivity contribution in [2.45, 2.75) is 31.3 Å². The van der Waals surface area contributed by atoms with Crippen LogP contribution in [0.15, 0.2) is 24.3 Å². The highest BCUT2D eigenvalue weighted by atomic mass is 32.1. The first-order chi connectivity index (χ1) is 11.1. The molecule has 0 aliphatic carbocycles. The maximum atomic E-state index is 11.6. The van der Waals surface area contributed by atoms with Gasteiger partial charge in [-0.05, 0) is 17.7 Å². The van der Waals surface area contributed by atoms with E-state index in [1.54, 1.807) is 6.92 Å². The summed E-state index contributed by atoms with van der Waals surface area (Å²) in [6.45, 7) is 1.74. The molecule has 0 aliphatic rings. The minimum atomic E-state index is -0.328. The molecule has 2 N–H and O–H groups in total. The number of hydrogen-bond acceptors (Lipinski definition) is 7. The van der Waals surface area contributed by atoms with E-state index in [2.05, 4.69) is 35.2 Å². The monoisotopic (exact) mass is 349 g/mol. The minimum absolute atomic E-state index is 0.283. The van der Waals surface area contributed by atoms with E-state index in [1.807, 2.05) is 24.3 Å². The highest BCUT2D eigenvalue weighted by molar-refractivity contribution is 7.79. The second-order valence-electron chi connectivity index (χ2n) is 4.92. The van der Waals surface area contributed by atoms with Gasteiger partial charge in [0.15, 0.2) is 5.75 Å². The Morgan fingerprint density at radius 2 is 1.70 bits per heavy atom. The lowest BCUT2D eigenvalue weighted by molar-refractivity contribution is -0.134. The van der Waals surface area contributed by atoms with Crippen molar-refractivity contribution in [3.63, 3.8) is 0 Å². The third-order valence-corrected chi connectivity index (χ3v) is 3.80. The molecule has 1 aromatic heterocycles. The van der Waals surface area contributed by atoms with Crippen LogP contribution >= 0.6 is 25.3 Å². The van der Waals surface area contributed by atoms with Gasteiger partial charge in [0.2, 0.25) is 0 Å². The summed E-state index contributed by atoms with van der Waals surface area (Å²) in [6.07, 6.45) is 0.842. The largest absolute Gasteiger partial charge is 0.423 e. The van der Waals surface area contributed by atoms with Crippen LogP contribution < -0.4 is 10.5 Å². The molecule has 2 aromatic rings. The predicted octanol–water partition coefficient (Wildman–Crippen LogP) is 2.82. The highest BCUT2D eigenvalue weighted by Gasteiger charge is 2.17. The van der Waals surface area contributed by atoms with Gasteiger partial charge in [-0.1, -0.05) is 19.1 Å². The highest BCUT2D eigenvalue weighted by Crippen LogP contribution is 2.25. The molecular weight excluding hydrogens is 330 g/mol. The molecule has 2 rings (SSSR count). The molecule has 0 aliphatic heterocycles. The lowest BCUT2D eigenvalue weighted by Gasteiger charge is -2.13. The number of carbonyl (C=O) groups is 1. The number of ether oxygens (including phenoxy) is 1. The van der Waals surface area contributed by atoms with Gasteiger partial charge < -0.3 is 10.5 Å². The van der Waals surface area contributed by atoms with E-state index in [0.717, 1.165) is 5.56 Å². The van der Waals surface area contributed by atoms with Crippen LogP contribution in [0, 0.1) is 0 Å². The Kier molecular flexibility index (Phi) is 6.29. The number of benzene rings is 1. The molecule has 0 saturated heterocycles. The number of rotatable bonds is 6. The van der Waals surface area contributed by atoms with E-state index >= 15 is 0 Å². The van der Waals surface area contributed by atoms with E-state index in [-0.39, 0.29) is 12.4 Å². The van der Waals surface area contributed by atoms with Crippen molar-refractivity contribution < 1.29 is 9.53 Å². The van der Waals surface area contributed by atoms with Gasteiger partial charge >= 0.3 is 5.97 Å². The van der Waals surface area contributed by atoms with Crippen molar-refractivity contribution in [1.29, 1.82) is 0 Å². The SMILES string of the molecule is CCC(=O)Oc1c(CS)nc(Cc2ccc(N)cc2)nc1CS. The van der Waals surface area contributed by atoms with Crippen molar-refractivity contribution in [2.24, 2.45) is 0 Å². The third kappa shape index (κ3) is 4.62. The molecule has 0 fully saturated rings. The quantitative estimate of drug-likeness (QED) is 0.425. The fourth-order valence-corrected chi connectivity index (χ4v) is 2.45. The van der Waals surface area contributed by atoms with E-state index < -0.39 is 0 Å². The van der Waals surface area contributed by atoms with Crippen LogP contribution in [0.3, 0.4) is 0 Å². The number of carbonyl (C=O) groups excluding carboxylic acids is 1. The Morgan fingerprint density at radius 1 is 1.13 bits per heavy atom. The molecule has 7 heteroatoms. The molecule has 0 amide bonds. The molecule has 5 nitrogen and oxygen atoms in total. The molecule has 0 atom stereocenters. The molecular formula is C16H19N3O2S2. The van der Waals surface area contributed by atoms with Crippen LogP contribution in [0.4, 0.5) is 5.69 Å². The van der Waals surface area contributed by atoms with Crippen molar-refractivity contribution >= 4 is 36.9 Å². The standard InChI is InChI=1S/C16H19N3O2S2/c1-2-15(20)21-16-12(8-22)18-14(19-13(16)9-23)7-10-3-5-11(17)6-4-10/h3-6,22-23H,2,7-9,17H2,1H3. The van der Waals surface area contributed by atoms with E-state index in [0.29, 0.717) is 46.6 Å². The number of esters is 1. The van der Waals surface area contributed by atoms with Crippen molar-refractivity contribution in [3.05, 3.63) is 47.0 Å². The predicted molar refractivity (Wildman–Crippen MR) is 97.0 cm³/mol. The van der Waals surface area contributed by atoms with Crippen LogP contribution in [0.2, 0.25) is 0 Å². The molecule has 1 heterocycles. The van der Waals surface area contributed by atoms with E-state index in [4.69, 9.17) is 10.5 Å². The first-order valence-corrected chi connectivity index (χ1v) is 8.49. The molecule has 0 radical (unpaired) electrons. The lowest BCUT2D eigenvalue weighted by atomic mass is 10.1. The maximum absolute atomic E-state index is 11.6. The molecule has 0 spiro atoms. The summed E-state index contributed by atoms with van der Waals surface area (Å²) < 4.78 is 5.35. The topological polar surface area (TPSA) is 78.1 Å². The van der Waals surface area contributed by atoms with Gasteiger partial charge in [-0.15, -0.1) is 0 Å². The van der Waals surface area contributed by atoms with Crippen LogP contribution in [0.25, 0.3) is 0 Å². The Hall–Kier alpha value is -1.73. The summed E-state index contributed by atoms with van der Waals surface area (Å²) in [6, 6.07) is 7.55. The Labute approximate surface area is 146 Å². The third-order valence-electron chi connectivity index (χ3n) is 3.20. The second-order valence-corrected chi connectivity index (χ2v) is 5.56. The maximum Gasteiger partial charge on any atom is 0.311 e. The van der Waals surface area contributed by atoms with Crippen LogP contribution in [0.5, 0.6) is 5.75 Å². The number of hydrogen-bond donors (Lipinski definition) is 3. The summed E-state index contributed by atoms with van der Waals surface area (Å²) in [5.74, 6) is 1.39. The van der Waals surface area contributed by atoms with Crippen molar-refractivity contribution in [2.75, 3.05) is 5.73 Å². The zero-order valence-electron chi connectivity index (χ0n) is 12.8. The molecule has 122 valence electrons. The first-order valence-electron chi connectivity index (χ1n) is 7.22. The minimum Gasteiger partial charge on any atom is -0.423 e. The number of aromatic nitrogens is 2. The van der Waals surface area contributed by atoms with E-state index in [9.17, 15) is 4.79 Å². The van der Waals surface area contributed by atoms with Crippen LogP contribution in [-0.2, 0) is 22.7 Å². The fourth-order valence-electron chi connectivity index (χ4n) is 2.02. The number of thiol groups is 2. The molecule has 0 bridgehead atoms. The van der Waals surface area contributed by atoms with Crippen molar-refractivity contribution in [1.82, 2.24) is 9.97 Å². The van der Waals surface area contributed by atoms with Gasteiger partial charge in [0.25, 0.3) is 0 Å². The first kappa shape index (κ1) is 17.6. The summed E-state index contributed by atoms with van der Waals surface area (Å²) in [5, 5.41) is 0. The molecule has 0 saturated carbocycles. The summed E-state index contributed by atoms with van der Waals surface area (Å²) in [4.78, 5) is 20.5. The van der Waals surface area contributed by atoms with Crippen molar-refractivity contribution in [3.8, 4) is 5.75 Å². The Balaban J connectivity index is 2.34. The average Bonchev–Trinajstić information content (AvgIpc) is 2.57. The van der Waals surface area contributed by atoms with Gasteiger partial charge in [-0.2, -0.15) is 25.3 Å². The number of nitrogen functional groups attached to an aromatic ring is 1. The zero-order chi connectivity index (χ0) is 16.8. The Morgan fingerprint density at radius 3 is 2.17 bits per heavy atom. The normalized spacial score (nSPS) is 10.6. The number of anilines is 1. The van der Waals surface area contributed by atoms with Crippen LogP contribution in [0.1, 0.15) is 36.1 Å². The smallest absolute Gasteiger partial charge is 0.311 e. The van der Waals surface area contributed by atoms with Gasteiger partial charge in [0.1, 0.15) is 5.82 Å².